The van der Waals surface area contributed by atoms with Crippen molar-refractivity contribution in [3.05, 3.63) is 41.1 Å². The molecule has 0 radical (unpaired) electrons. The van der Waals surface area contributed by atoms with Gasteiger partial charge in [0, 0.05) is 38.2 Å². The highest BCUT2D eigenvalue weighted by Crippen LogP contribution is 2.24. The van der Waals surface area contributed by atoms with Crippen LogP contribution in [0.1, 0.15) is 41.0 Å². The number of methoxy groups -OCH3 is 2. The van der Waals surface area contributed by atoms with E-state index in [-0.39, 0.29) is 11.9 Å². The predicted octanol–water partition coefficient (Wildman–Crippen LogP) is 2.57. The largest absolute Gasteiger partial charge is 0.497 e. The van der Waals surface area contributed by atoms with Crippen LogP contribution >= 0.6 is 0 Å². The lowest BCUT2D eigenvalue weighted by Crippen LogP contribution is -2.37. The van der Waals surface area contributed by atoms with E-state index in [9.17, 15) is 4.79 Å². The van der Waals surface area contributed by atoms with Gasteiger partial charge in [0.05, 0.1) is 19.9 Å². The number of benzene rings is 1. The Bertz CT molecular complexity index is 780. The van der Waals surface area contributed by atoms with Crippen molar-refractivity contribution in [1.82, 2.24) is 15.2 Å². The Kier molecular flexibility index (Phi) is 6.01. The van der Waals surface area contributed by atoms with Crippen LogP contribution in [-0.4, -0.2) is 49.1 Å². The molecule has 27 heavy (non-hydrogen) atoms. The monoisotopic (exact) mass is 373 g/mol. The number of oxazole rings is 1. The first kappa shape index (κ1) is 19.2. The van der Waals surface area contributed by atoms with Crippen LogP contribution in [0.25, 0.3) is 0 Å². The van der Waals surface area contributed by atoms with Gasteiger partial charge >= 0.3 is 0 Å². The molecule has 1 aliphatic heterocycles. The van der Waals surface area contributed by atoms with E-state index in [2.05, 4.69) is 15.2 Å². The fourth-order valence-electron chi connectivity index (χ4n) is 3.38. The molecule has 1 amide bonds. The first-order chi connectivity index (χ1) is 13.0. The summed E-state index contributed by atoms with van der Waals surface area (Å²) in [5.41, 5.74) is 1.76. The van der Waals surface area contributed by atoms with Gasteiger partial charge in [0.1, 0.15) is 11.5 Å². The summed E-state index contributed by atoms with van der Waals surface area (Å²) >= 11 is 0. The van der Waals surface area contributed by atoms with Crippen molar-refractivity contribution in [2.45, 2.75) is 39.3 Å². The number of aryl methyl sites for hydroxylation is 2. The van der Waals surface area contributed by atoms with Crippen molar-refractivity contribution in [2.24, 2.45) is 0 Å². The molecule has 1 N–H and O–H groups in total. The van der Waals surface area contributed by atoms with E-state index in [4.69, 9.17) is 13.9 Å². The van der Waals surface area contributed by atoms with Crippen LogP contribution in [0.5, 0.6) is 11.5 Å². The van der Waals surface area contributed by atoms with Crippen molar-refractivity contribution >= 4 is 5.91 Å². The molecule has 3 rings (SSSR count). The zero-order chi connectivity index (χ0) is 19.4. The summed E-state index contributed by atoms with van der Waals surface area (Å²) in [6, 6.07) is 5.98. The predicted molar refractivity (Wildman–Crippen MR) is 101 cm³/mol. The highest BCUT2D eigenvalue weighted by molar-refractivity contribution is 5.92. The highest BCUT2D eigenvalue weighted by atomic mass is 16.5. The lowest BCUT2D eigenvalue weighted by Gasteiger charge is -2.17. The fourth-order valence-corrected chi connectivity index (χ4v) is 3.38. The van der Waals surface area contributed by atoms with Gasteiger partial charge in [-0.1, -0.05) is 6.92 Å². The molecule has 2 heterocycles. The van der Waals surface area contributed by atoms with E-state index in [1.54, 1.807) is 21.1 Å². The van der Waals surface area contributed by atoms with E-state index >= 15 is 0 Å². The molecule has 1 unspecified atom stereocenters. The summed E-state index contributed by atoms with van der Waals surface area (Å²) in [5.74, 6) is 2.29. The lowest BCUT2D eigenvalue weighted by molar-refractivity contribution is 0.0907. The summed E-state index contributed by atoms with van der Waals surface area (Å²) < 4.78 is 16.2. The first-order valence-electron chi connectivity index (χ1n) is 9.23. The Morgan fingerprint density at radius 1 is 1.30 bits per heavy atom. The van der Waals surface area contributed by atoms with Crippen LogP contribution in [-0.2, 0) is 13.0 Å². The van der Waals surface area contributed by atoms with Crippen molar-refractivity contribution in [3.63, 3.8) is 0 Å². The second kappa shape index (κ2) is 8.43. The summed E-state index contributed by atoms with van der Waals surface area (Å²) in [4.78, 5) is 19.1. The molecule has 7 nitrogen and oxygen atoms in total. The third-order valence-electron chi connectivity index (χ3n) is 4.77. The van der Waals surface area contributed by atoms with Crippen LogP contribution < -0.4 is 14.8 Å². The van der Waals surface area contributed by atoms with E-state index in [1.165, 1.54) is 0 Å². The number of nitrogens with zero attached hydrogens (tertiary/aromatic N) is 2. The van der Waals surface area contributed by atoms with Crippen molar-refractivity contribution < 1.29 is 18.7 Å². The van der Waals surface area contributed by atoms with Gasteiger partial charge in [0.15, 0.2) is 5.89 Å². The standard InChI is InChI=1S/C20H27N3O4/c1-5-18-21-13(2)19(27-18)20(24)22-15-6-7-23(12-15)11-14-8-16(25-3)10-17(9-14)26-4/h8-10,15H,5-7,11-12H2,1-4H3,(H,22,24). The zero-order valence-corrected chi connectivity index (χ0v) is 16.4. The number of ether oxygens (including phenoxy) is 2. The minimum absolute atomic E-state index is 0.0968. The molecule has 1 atom stereocenters. The number of hydrogen-bond donors (Lipinski definition) is 1. The van der Waals surface area contributed by atoms with Gasteiger partial charge in [-0.05, 0) is 31.0 Å². The number of nitrogens with one attached hydrogen (secondary N) is 1. The summed E-state index contributed by atoms with van der Waals surface area (Å²) in [7, 11) is 3.30. The van der Waals surface area contributed by atoms with Gasteiger partial charge < -0.3 is 19.2 Å². The SMILES string of the molecule is CCc1nc(C)c(C(=O)NC2CCN(Cc3cc(OC)cc(OC)c3)C2)o1. The van der Waals surface area contributed by atoms with Gasteiger partial charge in [0.25, 0.3) is 5.91 Å². The Morgan fingerprint density at radius 3 is 2.59 bits per heavy atom. The summed E-state index contributed by atoms with van der Waals surface area (Å²) in [6.07, 6.45) is 1.58. The second-order valence-electron chi connectivity index (χ2n) is 6.79. The Hall–Kier alpha value is -2.54. The molecule has 1 aromatic heterocycles. The third-order valence-corrected chi connectivity index (χ3v) is 4.77. The lowest BCUT2D eigenvalue weighted by atomic mass is 10.2. The molecule has 0 bridgehead atoms. The Morgan fingerprint density at radius 2 is 2.00 bits per heavy atom. The molecule has 1 fully saturated rings. The maximum absolute atomic E-state index is 12.5. The zero-order valence-electron chi connectivity index (χ0n) is 16.4. The molecule has 7 heteroatoms. The van der Waals surface area contributed by atoms with Gasteiger partial charge in [-0.15, -0.1) is 0 Å². The maximum atomic E-state index is 12.5. The number of amides is 1. The number of likely N-dealkylation sites (tertiary alicyclic amines) is 1. The number of hydrogen-bond acceptors (Lipinski definition) is 6. The summed E-state index contributed by atoms with van der Waals surface area (Å²) in [5, 5.41) is 3.07. The smallest absolute Gasteiger partial charge is 0.289 e. The average molecular weight is 373 g/mol. The molecule has 2 aromatic rings. The van der Waals surface area contributed by atoms with E-state index in [0.29, 0.717) is 23.8 Å². The minimum atomic E-state index is -0.186. The minimum Gasteiger partial charge on any atom is -0.497 e. The highest BCUT2D eigenvalue weighted by Gasteiger charge is 2.26. The van der Waals surface area contributed by atoms with Crippen molar-refractivity contribution in [2.75, 3.05) is 27.3 Å². The topological polar surface area (TPSA) is 76.8 Å². The molecular weight excluding hydrogens is 346 g/mol. The first-order valence-corrected chi connectivity index (χ1v) is 9.23. The number of aromatic nitrogens is 1. The van der Waals surface area contributed by atoms with Gasteiger partial charge in [0.2, 0.25) is 5.76 Å². The Balaban J connectivity index is 1.58. The van der Waals surface area contributed by atoms with Gasteiger partial charge in [-0.2, -0.15) is 0 Å². The Labute approximate surface area is 159 Å². The van der Waals surface area contributed by atoms with Crippen molar-refractivity contribution in [3.8, 4) is 11.5 Å². The van der Waals surface area contributed by atoms with Gasteiger partial charge in [-0.3, -0.25) is 9.69 Å². The van der Waals surface area contributed by atoms with Crippen LogP contribution in [0.2, 0.25) is 0 Å². The molecule has 1 saturated heterocycles. The maximum Gasteiger partial charge on any atom is 0.289 e. The molecule has 0 saturated carbocycles. The molecule has 0 spiro atoms. The van der Waals surface area contributed by atoms with Crippen LogP contribution in [0.4, 0.5) is 0 Å². The summed E-state index contributed by atoms with van der Waals surface area (Å²) in [6.45, 7) is 6.24. The normalized spacial score (nSPS) is 17.1. The van der Waals surface area contributed by atoms with E-state index in [0.717, 1.165) is 43.1 Å². The average Bonchev–Trinajstić information content (AvgIpc) is 3.27. The number of carbonyl (C=O) groups is 1. The van der Waals surface area contributed by atoms with E-state index < -0.39 is 0 Å². The van der Waals surface area contributed by atoms with Crippen LogP contribution in [0, 0.1) is 6.92 Å². The third kappa shape index (κ3) is 4.60. The molecule has 146 valence electrons. The van der Waals surface area contributed by atoms with Crippen molar-refractivity contribution in [1.29, 1.82) is 0 Å². The fraction of sp³-hybridized carbons (Fsp3) is 0.500. The van der Waals surface area contributed by atoms with Crippen LogP contribution in [0.15, 0.2) is 22.6 Å². The molecule has 1 aliphatic rings. The number of rotatable bonds is 7. The van der Waals surface area contributed by atoms with Crippen LogP contribution in [0.3, 0.4) is 0 Å². The van der Waals surface area contributed by atoms with E-state index in [1.807, 2.05) is 25.1 Å². The van der Waals surface area contributed by atoms with Gasteiger partial charge in [-0.25, -0.2) is 4.98 Å². The molecular formula is C20H27N3O4. The quantitative estimate of drug-likeness (QED) is 0.804. The molecule has 1 aromatic carbocycles. The molecule has 0 aliphatic carbocycles. The number of carbonyl (C=O) groups excluding carboxylic acids is 1. The second-order valence-corrected chi connectivity index (χ2v) is 6.79.